The molecule has 5 heteroatoms. The van der Waals surface area contributed by atoms with Gasteiger partial charge in [-0.15, -0.1) is 0 Å². The summed E-state index contributed by atoms with van der Waals surface area (Å²) in [6, 6.07) is 0. The largest absolute Gasteiger partial charge is 0.315 e. The summed E-state index contributed by atoms with van der Waals surface area (Å²) in [7, 11) is 0. The number of aromatic nitrogens is 1. The molecule has 0 saturated carbocycles. The van der Waals surface area contributed by atoms with Crippen LogP contribution in [0.3, 0.4) is 0 Å². The molecule has 0 amide bonds. The Hall–Kier alpha value is -0.260. The van der Waals surface area contributed by atoms with Crippen LogP contribution < -0.4 is 10.2 Å². The summed E-state index contributed by atoms with van der Waals surface area (Å²) in [5.41, 5.74) is 0.989. The first-order valence-corrected chi connectivity index (χ1v) is 6.81. The van der Waals surface area contributed by atoms with Gasteiger partial charge in [0.25, 0.3) is 0 Å². The molecule has 0 aliphatic heterocycles. The molecule has 0 bridgehead atoms. The highest BCUT2D eigenvalue weighted by atomic mass is 32.2. The Kier molecular flexibility index (Phi) is 5.98. The maximum atomic E-state index is 10.8. The van der Waals surface area contributed by atoms with E-state index in [-0.39, 0.29) is 4.87 Å². The second-order valence-electron chi connectivity index (χ2n) is 2.90. The molecule has 0 atom stereocenters. The number of H-pyrrole nitrogens is 1. The van der Waals surface area contributed by atoms with Gasteiger partial charge in [-0.25, -0.2) is 0 Å². The molecule has 0 unspecified atom stereocenters. The van der Waals surface area contributed by atoms with Crippen molar-refractivity contribution < 1.29 is 0 Å². The first kappa shape index (κ1) is 11.8. The van der Waals surface area contributed by atoms with E-state index in [9.17, 15) is 4.79 Å². The lowest BCUT2D eigenvalue weighted by molar-refractivity contribution is 0.669. The second kappa shape index (κ2) is 7.09. The number of nitrogens with one attached hydrogen (secondary N) is 2. The SMILES string of the molecule is CCSCCCNCc1csc(=O)[nH]1. The maximum Gasteiger partial charge on any atom is 0.304 e. The van der Waals surface area contributed by atoms with Gasteiger partial charge in [0.2, 0.25) is 0 Å². The Balaban J connectivity index is 2.02. The van der Waals surface area contributed by atoms with Gasteiger partial charge in [0, 0.05) is 17.6 Å². The number of hydrogen-bond acceptors (Lipinski definition) is 4. The molecule has 0 fully saturated rings. The van der Waals surface area contributed by atoms with Crippen LogP contribution in [0.15, 0.2) is 10.2 Å². The molecule has 0 radical (unpaired) electrons. The van der Waals surface area contributed by atoms with Crippen molar-refractivity contribution in [2.24, 2.45) is 0 Å². The lowest BCUT2D eigenvalue weighted by Crippen LogP contribution is -2.16. The van der Waals surface area contributed by atoms with Crippen molar-refractivity contribution in [1.29, 1.82) is 0 Å². The van der Waals surface area contributed by atoms with Gasteiger partial charge in [-0.3, -0.25) is 4.79 Å². The van der Waals surface area contributed by atoms with Crippen LogP contribution in [0.25, 0.3) is 0 Å². The first-order chi connectivity index (χ1) is 6.83. The number of rotatable bonds is 7. The molecule has 3 nitrogen and oxygen atoms in total. The van der Waals surface area contributed by atoms with E-state index >= 15 is 0 Å². The summed E-state index contributed by atoms with van der Waals surface area (Å²) < 4.78 is 0. The number of thiazole rings is 1. The molecule has 0 saturated heterocycles. The van der Waals surface area contributed by atoms with Crippen molar-refractivity contribution in [3.8, 4) is 0 Å². The van der Waals surface area contributed by atoms with E-state index in [2.05, 4.69) is 17.2 Å². The summed E-state index contributed by atoms with van der Waals surface area (Å²) in [5, 5.41) is 5.17. The Bertz CT molecular complexity index is 295. The average molecular weight is 232 g/mol. The van der Waals surface area contributed by atoms with Crippen molar-refractivity contribution in [2.75, 3.05) is 18.1 Å². The Morgan fingerprint density at radius 1 is 1.64 bits per heavy atom. The van der Waals surface area contributed by atoms with Crippen LogP contribution in [0.4, 0.5) is 0 Å². The van der Waals surface area contributed by atoms with Gasteiger partial charge in [0.15, 0.2) is 0 Å². The molecule has 1 aromatic rings. The summed E-state index contributed by atoms with van der Waals surface area (Å²) in [6.45, 7) is 3.97. The normalized spacial score (nSPS) is 10.6. The monoisotopic (exact) mass is 232 g/mol. The summed E-state index contributed by atoms with van der Waals surface area (Å²) in [4.78, 5) is 13.6. The predicted molar refractivity (Wildman–Crippen MR) is 64.3 cm³/mol. The first-order valence-electron chi connectivity index (χ1n) is 4.78. The van der Waals surface area contributed by atoms with Gasteiger partial charge in [-0.1, -0.05) is 18.3 Å². The fourth-order valence-corrected chi connectivity index (χ4v) is 2.29. The minimum Gasteiger partial charge on any atom is -0.315 e. The third-order valence-corrected chi connectivity index (χ3v) is 3.44. The third-order valence-electron chi connectivity index (χ3n) is 1.73. The molecule has 0 spiro atoms. The summed E-state index contributed by atoms with van der Waals surface area (Å²) in [5.74, 6) is 2.40. The Morgan fingerprint density at radius 2 is 2.50 bits per heavy atom. The zero-order valence-corrected chi connectivity index (χ0v) is 9.97. The molecular weight excluding hydrogens is 216 g/mol. The van der Waals surface area contributed by atoms with E-state index in [4.69, 9.17) is 0 Å². The molecule has 14 heavy (non-hydrogen) atoms. The lowest BCUT2D eigenvalue weighted by atomic mass is 10.4. The molecular formula is C9H16N2OS2. The van der Waals surface area contributed by atoms with E-state index < -0.39 is 0 Å². The van der Waals surface area contributed by atoms with Gasteiger partial charge in [-0.2, -0.15) is 11.8 Å². The van der Waals surface area contributed by atoms with Crippen molar-refractivity contribution in [3.63, 3.8) is 0 Å². The van der Waals surface area contributed by atoms with Crippen LogP contribution in [-0.2, 0) is 6.54 Å². The molecule has 0 aromatic carbocycles. The molecule has 80 valence electrons. The lowest BCUT2D eigenvalue weighted by Gasteiger charge is -2.01. The minimum absolute atomic E-state index is 0.0309. The summed E-state index contributed by atoms with van der Waals surface area (Å²) in [6.07, 6.45) is 1.19. The van der Waals surface area contributed by atoms with E-state index in [1.165, 1.54) is 29.3 Å². The van der Waals surface area contributed by atoms with Crippen molar-refractivity contribution in [3.05, 3.63) is 20.7 Å². The third kappa shape index (κ3) is 4.83. The van der Waals surface area contributed by atoms with E-state index in [1.54, 1.807) is 0 Å². The van der Waals surface area contributed by atoms with Gasteiger partial charge in [0.1, 0.15) is 0 Å². The van der Waals surface area contributed by atoms with E-state index in [1.807, 2.05) is 17.1 Å². The maximum absolute atomic E-state index is 10.8. The fraction of sp³-hybridized carbons (Fsp3) is 0.667. The van der Waals surface area contributed by atoms with Gasteiger partial charge in [-0.05, 0) is 24.5 Å². The van der Waals surface area contributed by atoms with E-state index in [0.29, 0.717) is 0 Å². The van der Waals surface area contributed by atoms with Crippen molar-refractivity contribution in [1.82, 2.24) is 10.3 Å². The standard InChI is InChI=1S/C9H16N2OS2/c1-2-13-5-3-4-10-6-8-7-14-9(12)11-8/h7,10H,2-6H2,1H3,(H,11,12). The van der Waals surface area contributed by atoms with Crippen molar-refractivity contribution >= 4 is 23.1 Å². The highest BCUT2D eigenvalue weighted by Gasteiger charge is 1.95. The summed E-state index contributed by atoms with van der Waals surface area (Å²) >= 11 is 3.18. The highest BCUT2D eigenvalue weighted by molar-refractivity contribution is 7.99. The van der Waals surface area contributed by atoms with Crippen LogP contribution in [0.1, 0.15) is 19.0 Å². The van der Waals surface area contributed by atoms with E-state index in [0.717, 1.165) is 18.8 Å². The molecule has 0 aliphatic rings. The zero-order chi connectivity index (χ0) is 10.2. The number of hydrogen-bond donors (Lipinski definition) is 2. The second-order valence-corrected chi connectivity index (χ2v) is 5.14. The number of thioether (sulfide) groups is 1. The smallest absolute Gasteiger partial charge is 0.304 e. The van der Waals surface area contributed by atoms with Gasteiger partial charge >= 0.3 is 4.87 Å². The average Bonchev–Trinajstić information content (AvgIpc) is 2.58. The fourth-order valence-electron chi connectivity index (χ4n) is 1.07. The van der Waals surface area contributed by atoms with Gasteiger partial charge < -0.3 is 10.3 Å². The quantitative estimate of drug-likeness (QED) is 0.703. The van der Waals surface area contributed by atoms with Crippen LogP contribution in [0, 0.1) is 0 Å². The molecule has 0 aliphatic carbocycles. The molecule has 1 rings (SSSR count). The Morgan fingerprint density at radius 3 is 3.14 bits per heavy atom. The topological polar surface area (TPSA) is 44.9 Å². The van der Waals surface area contributed by atoms with Gasteiger partial charge in [0.05, 0.1) is 0 Å². The zero-order valence-electron chi connectivity index (χ0n) is 8.34. The van der Waals surface area contributed by atoms with Crippen molar-refractivity contribution in [2.45, 2.75) is 19.9 Å². The highest BCUT2D eigenvalue weighted by Crippen LogP contribution is 2.00. The van der Waals surface area contributed by atoms with Crippen LogP contribution >= 0.6 is 23.1 Å². The minimum atomic E-state index is 0.0309. The predicted octanol–water partition coefficient (Wildman–Crippen LogP) is 1.67. The molecule has 2 N–H and O–H groups in total. The molecule has 1 aromatic heterocycles. The van der Waals surface area contributed by atoms with Crippen LogP contribution in [-0.4, -0.2) is 23.0 Å². The van der Waals surface area contributed by atoms with Crippen LogP contribution in [0.2, 0.25) is 0 Å². The molecule has 1 heterocycles. The number of aromatic amines is 1. The Labute approximate surface area is 92.3 Å². The van der Waals surface area contributed by atoms with Crippen LogP contribution in [0.5, 0.6) is 0 Å².